The molecule has 1 rings (SSSR count). The predicted octanol–water partition coefficient (Wildman–Crippen LogP) is -0.487. The molecule has 2 unspecified atom stereocenters. The summed E-state index contributed by atoms with van der Waals surface area (Å²) in [5.74, 6) is 0. The van der Waals surface area contributed by atoms with Crippen LogP contribution in [0.1, 0.15) is 6.92 Å². The van der Waals surface area contributed by atoms with E-state index in [-0.39, 0.29) is 0 Å². The Kier molecular flexibility index (Phi) is 3.30. The second kappa shape index (κ2) is 4.04. The lowest BCUT2D eigenvalue weighted by atomic mass is 10.1. The Morgan fingerprint density at radius 3 is 2.91 bits per heavy atom. The molecule has 0 saturated carbocycles. The first kappa shape index (κ1) is 8.97. The molecule has 1 aliphatic heterocycles. The molecule has 1 heterocycles. The maximum atomic E-state index is 4.40. The molecule has 11 heavy (non-hydrogen) atoms. The number of piperazine rings is 1. The SMILES string of the molecule is CNC(C)C1C[N]CCN1C. The Balaban J connectivity index is 2.40. The Hall–Kier alpha value is -0.120. The largest absolute Gasteiger partial charge is 0.316 e. The van der Waals surface area contributed by atoms with Gasteiger partial charge in [-0.3, -0.25) is 4.90 Å². The van der Waals surface area contributed by atoms with Gasteiger partial charge in [-0.15, -0.1) is 0 Å². The van der Waals surface area contributed by atoms with Crippen molar-refractivity contribution in [2.75, 3.05) is 33.7 Å². The van der Waals surface area contributed by atoms with E-state index in [9.17, 15) is 0 Å². The summed E-state index contributed by atoms with van der Waals surface area (Å²) in [7, 11) is 4.18. The fourth-order valence-electron chi connectivity index (χ4n) is 1.49. The second-order valence-electron chi connectivity index (χ2n) is 3.26. The molecule has 1 aliphatic rings. The number of nitrogens with zero attached hydrogens (tertiary/aromatic N) is 2. The monoisotopic (exact) mass is 156 g/mol. The summed E-state index contributed by atoms with van der Waals surface area (Å²) in [6.45, 7) is 5.31. The smallest absolute Gasteiger partial charge is 0.0385 e. The molecular weight excluding hydrogens is 138 g/mol. The highest BCUT2D eigenvalue weighted by Gasteiger charge is 2.23. The summed E-state index contributed by atoms with van der Waals surface area (Å²) in [5, 5.41) is 7.66. The van der Waals surface area contributed by atoms with E-state index in [1.54, 1.807) is 0 Å². The molecule has 0 aromatic rings. The number of hydrogen-bond acceptors (Lipinski definition) is 2. The number of nitrogens with one attached hydrogen (secondary N) is 1. The van der Waals surface area contributed by atoms with Crippen LogP contribution in [-0.4, -0.2) is 50.7 Å². The lowest BCUT2D eigenvalue weighted by Crippen LogP contribution is -2.54. The average Bonchev–Trinajstić information content (AvgIpc) is 2.04. The van der Waals surface area contributed by atoms with E-state index in [1.165, 1.54) is 0 Å². The van der Waals surface area contributed by atoms with Crippen LogP contribution in [0.25, 0.3) is 0 Å². The van der Waals surface area contributed by atoms with Gasteiger partial charge in [-0.2, -0.15) is 0 Å². The summed E-state index contributed by atoms with van der Waals surface area (Å²) >= 11 is 0. The van der Waals surface area contributed by atoms with E-state index in [2.05, 4.69) is 29.5 Å². The zero-order valence-corrected chi connectivity index (χ0v) is 7.67. The maximum absolute atomic E-state index is 4.40. The van der Waals surface area contributed by atoms with Gasteiger partial charge < -0.3 is 5.32 Å². The zero-order chi connectivity index (χ0) is 8.27. The third-order valence-corrected chi connectivity index (χ3v) is 2.53. The van der Waals surface area contributed by atoms with Gasteiger partial charge in [0.25, 0.3) is 0 Å². The molecule has 0 aromatic heterocycles. The van der Waals surface area contributed by atoms with Gasteiger partial charge >= 0.3 is 0 Å². The standard InChI is InChI=1S/C8H18N3/c1-7(9-2)8-6-10-4-5-11(8)3/h7-9H,4-6H2,1-3H3. The van der Waals surface area contributed by atoms with Gasteiger partial charge in [0.2, 0.25) is 0 Å². The highest BCUT2D eigenvalue weighted by molar-refractivity contribution is 4.84. The number of rotatable bonds is 2. The maximum Gasteiger partial charge on any atom is 0.0385 e. The van der Waals surface area contributed by atoms with Crippen LogP contribution < -0.4 is 10.6 Å². The molecule has 1 fully saturated rings. The van der Waals surface area contributed by atoms with Gasteiger partial charge in [0.1, 0.15) is 0 Å². The summed E-state index contributed by atoms with van der Waals surface area (Å²) < 4.78 is 0. The van der Waals surface area contributed by atoms with Crippen molar-refractivity contribution >= 4 is 0 Å². The molecule has 1 saturated heterocycles. The van der Waals surface area contributed by atoms with Crippen molar-refractivity contribution in [2.45, 2.75) is 19.0 Å². The normalized spacial score (nSPS) is 30.3. The molecule has 0 aliphatic carbocycles. The van der Waals surface area contributed by atoms with Crippen molar-refractivity contribution < 1.29 is 0 Å². The highest BCUT2D eigenvalue weighted by atomic mass is 15.2. The lowest BCUT2D eigenvalue weighted by Gasteiger charge is -2.36. The van der Waals surface area contributed by atoms with Crippen LogP contribution in [0, 0.1) is 0 Å². The first-order valence-corrected chi connectivity index (χ1v) is 4.26. The number of hydrogen-bond donors (Lipinski definition) is 1. The van der Waals surface area contributed by atoms with E-state index in [0.29, 0.717) is 12.1 Å². The molecule has 0 bridgehead atoms. The summed E-state index contributed by atoms with van der Waals surface area (Å²) in [4.78, 5) is 2.38. The molecule has 65 valence electrons. The van der Waals surface area contributed by atoms with E-state index in [4.69, 9.17) is 0 Å². The summed E-state index contributed by atoms with van der Waals surface area (Å²) in [5.41, 5.74) is 0. The minimum atomic E-state index is 0.545. The molecule has 3 nitrogen and oxygen atoms in total. The van der Waals surface area contributed by atoms with Gasteiger partial charge in [0.05, 0.1) is 0 Å². The quantitative estimate of drug-likeness (QED) is 0.585. The van der Waals surface area contributed by atoms with Gasteiger partial charge in [-0.25, -0.2) is 5.32 Å². The zero-order valence-electron chi connectivity index (χ0n) is 7.67. The van der Waals surface area contributed by atoms with Crippen molar-refractivity contribution in [3.8, 4) is 0 Å². The van der Waals surface area contributed by atoms with Crippen molar-refractivity contribution in [2.24, 2.45) is 0 Å². The van der Waals surface area contributed by atoms with Crippen molar-refractivity contribution in [1.82, 2.24) is 15.5 Å². The third-order valence-electron chi connectivity index (χ3n) is 2.53. The van der Waals surface area contributed by atoms with Crippen LogP contribution in [0.15, 0.2) is 0 Å². The molecular formula is C8H18N3. The fraction of sp³-hybridized carbons (Fsp3) is 1.00. The Labute approximate surface area is 69.1 Å². The molecule has 2 atom stereocenters. The topological polar surface area (TPSA) is 29.4 Å². The minimum absolute atomic E-state index is 0.545. The molecule has 0 amide bonds. The van der Waals surface area contributed by atoms with E-state index >= 15 is 0 Å². The fourth-order valence-corrected chi connectivity index (χ4v) is 1.49. The predicted molar refractivity (Wildman–Crippen MR) is 46.8 cm³/mol. The number of likely N-dealkylation sites (N-methyl/N-ethyl adjacent to an activating group) is 2. The average molecular weight is 156 g/mol. The molecule has 1 radical (unpaired) electrons. The van der Waals surface area contributed by atoms with Crippen molar-refractivity contribution in [3.05, 3.63) is 0 Å². The second-order valence-corrected chi connectivity index (χ2v) is 3.26. The van der Waals surface area contributed by atoms with Crippen LogP contribution in [0.5, 0.6) is 0 Å². The lowest BCUT2D eigenvalue weighted by molar-refractivity contribution is 0.165. The van der Waals surface area contributed by atoms with Crippen LogP contribution in [-0.2, 0) is 0 Å². The first-order valence-electron chi connectivity index (χ1n) is 4.26. The Morgan fingerprint density at radius 1 is 1.64 bits per heavy atom. The third kappa shape index (κ3) is 2.15. The van der Waals surface area contributed by atoms with Crippen LogP contribution >= 0.6 is 0 Å². The van der Waals surface area contributed by atoms with E-state index < -0.39 is 0 Å². The highest BCUT2D eigenvalue weighted by Crippen LogP contribution is 2.04. The van der Waals surface area contributed by atoms with E-state index in [1.807, 2.05) is 7.05 Å². The van der Waals surface area contributed by atoms with Crippen LogP contribution in [0.4, 0.5) is 0 Å². The van der Waals surface area contributed by atoms with Crippen molar-refractivity contribution in [3.63, 3.8) is 0 Å². The molecule has 0 aromatic carbocycles. The van der Waals surface area contributed by atoms with Gasteiger partial charge in [0, 0.05) is 31.7 Å². The minimum Gasteiger partial charge on any atom is -0.316 e. The van der Waals surface area contributed by atoms with Gasteiger partial charge in [-0.1, -0.05) is 0 Å². The van der Waals surface area contributed by atoms with Crippen LogP contribution in [0.3, 0.4) is 0 Å². The van der Waals surface area contributed by atoms with E-state index in [0.717, 1.165) is 19.6 Å². The summed E-state index contributed by atoms with van der Waals surface area (Å²) in [6, 6.07) is 1.14. The molecule has 0 spiro atoms. The van der Waals surface area contributed by atoms with Gasteiger partial charge in [-0.05, 0) is 21.0 Å². The molecule has 1 N–H and O–H groups in total. The summed E-state index contributed by atoms with van der Waals surface area (Å²) in [6.07, 6.45) is 0. The van der Waals surface area contributed by atoms with Gasteiger partial charge in [0.15, 0.2) is 0 Å². The van der Waals surface area contributed by atoms with Crippen LogP contribution in [0.2, 0.25) is 0 Å². The first-order chi connectivity index (χ1) is 5.25. The Bertz CT molecular complexity index is 112. The molecule has 3 heteroatoms. The Morgan fingerprint density at radius 2 is 2.36 bits per heavy atom. The van der Waals surface area contributed by atoms with Crippen molar-refractivity contribution in [1.29, 1.82) is 0 Å².